The molecule has 0 heterocycles. The van der Waals surface area contributed by atoms with Crippen molar-refractivity contribution in [1.29, 1.82) is 0 Å². The number of amides is 1. The van der Waals surface area contributed by atoms with E-state index in [0.717, 1.165) is 12.5 Å². The predicted octanol–water partition coefficient (Wildman–Crippen LogP) is 2.21. The van der Waals surface area contributed by atoms with Gasteiger partial charge in [-0.1, -0.05) is 0 Å². The van der Waals surface area contributed by atoms with Crippen LogP contribution in [0.1, 0.15) is 48.5 Å². The summed E-state index contributed by atoms with van der Waals surface area (Å²) in [7, 11) is 1.72. The highest BCUT2D eigenvalue weighted by molar-refractivity contribution is 5.80. The number of nitrogens with one attached hydrogen (secondary N) is 2. The lowest BCUT2D eigenvalue weighted by atomic mass is 10.1. The maximum atomic E-state index is 11.8. The van der Waals surface area contributed by atoms with Gasteiger partial charge in [-0.05, 0) is 48.5 Å². The van der Waals surface area contributed by atoms with E-state index in [1.54, 1.807) is 7.05 Å². The van der Waals surface area contributed by atoms with Gasteiger partial charge >= 0.3 is 6.09 Å². The van der Waals surface area contributed by atoms with Crippen molar-refractivity contribution in [3.8, 4) is 0 Å². The Morgan fingerprint density at radius 1 is 1.19 bits per heavy atom. The number of nitrogens with zero attached hydrogens (tertiary/aromatic N) is 2. The molecular weight excluding hydrogens is 268 g/mol. The molecule has 2 N–H and O–H groups in total. The Hall–Kier alpha value is -1.46. The summed E-state index contributed by atoms with van der Waals surface area (Å²) in [6.45, 7) is 15.6. The van der Waals surface area contributed by atoms with E-state index in [1.165, 1.54) is 4.90 Å². The van der Waals surface area contributed by atoms with Crippen LogP contribution in [0.4, 0.5) is 4.79 Å². The molecule has 6 heteroatoms. The Morgan fingerprint density at radius 2 is 1.76 bits per heavy atom. The molecule has 0 atom stereocenters. The molecule has 124 valence electrons. The van der Waals surface area contributed by atoms with Gasteiger partial charge in [0.1, 0.15) is 5.60 Å². The van der Waals surface area contributed by atoms with Gasteiger partial charge in [-0.3, -0.25) is 4.99 Å². The van der Waals surface area contributed by atoms with E-state index in [4.69, 9.17) is 4.74 Å². The Morgan fingerprint density at radius 3 is 2.19 bits per heavy atom. The van der Waals surface area contributed by atoms with Gasteiger partial charge in [0.25, 0.3) is 0 Å². The van der Waals surface area contributed by atoms with Crippen molar-refractivity contribution in [2.24, 2.45) is 4.99 Å². The first-order valence-electron chi connectivity index (χ1n) is 7.45. The van der Waals surface area contributed by atoms with Crippen LogP contribution < -0.4 is 10.6 Å². The number of hydrogen-bond acceptors (Lipinski definition) is 3. The van der Waals surface area contributed by atoms with E-state index in [1.807, 2.05) is 27.7 Å². The first-order valence-corrected chi connectivity index (χ1v) is 7.45. The topological polar surface area (TPSA) is 66.0 Å². The average molecular weight is 300 g/mol. The lowest BCUT2D eigenvalue weighted by molar-refractivity contribution is 0.0304. The van der Waals surface area contributed by atoms with Crippen molar-refractivity contribution in [2.45, 2.75) is 59.6 Å². The number of likely N-dealkylation sites (N-methyl/N-ethyl adjacent to an activating group) is 1. The Kier molecular flexibility index (Phi) is 7.53. The van der Waals surface area contributed by atoms with Crippen molar-refractivity contribution >= 4 is 12.1 Å². The molecule has 0 fully saturated rings. The van der Waals surface area contributed by atoms with Crippen LogP contribution in [0.5, 0.6) is 0 Å². The van der Waals surface area contributed by atoms with Crippen molar-refractivity contribution in [1.82, 2.24) is 15.5 Å². The molecule has 0 radical (unpaired) electrons. The molecule has 0 bridgehead atoms. The molecule has 21 heavy (non-hydrogen) atoms. The number of carbonyl (C=O) groups excluding carboxylic acids is 1. The highest BCUT2D eigenvalue weighted by atomic mass is 16.6. The van der Waals surface area contributed by atoms with Crippen LogP contribution in [0.25, 0.3) is 0 Å². The molecule has 0 rings (SSSR count). The summed E-state index contributed by atoms with van der Waals surface area (Å²) < 4.78 is 5.29. The minimum Gasteiger partial charge on any atom is -0.444 e. The third-order valence-electron chi connectivity index (χ3n) is 2.25. The molecule has 0 aliphatic carbocycles. The maximum Gasteiger partial charge on any atom is 0.410 e. The fourth-order valence-corrected chi connectivity index (χ4v) is 1.41. The highest BCUT2D eigenvalue weighted by Crippen LogP contribution is 2.08. The number of hydrogen-bond donors (Lipinski definition) is 2. The first kappa shape index (κ1) is 19.5. The molecule has 0 aromatic rings. The summed E-state index contributed by atoms with van der Waals surface area (Å²) >= 11 is 0. The fourth-order valence-electron chi connectivity index (χ4n) is 1.41. The monoisotopic (exact) mass is 300 g/mol. The molecule has 1 amide bonds. The highest BCUT2D eigenvalue weighted by Gasteiger charge is 2.19. The van der Waals surface area contributed by atoms with Gasteiger partial charge < -0.3 is 20.3 Å². The van der Waals surface area contributed by atoms with Gasteiger partial charge in [0.2, 0.25) is 0 Å². The first-order chi connectivity index (χ1) is 9.44. The Bertz CT molecular complexity index is 354. The zero-order chi connectivity index (χ0) is 16.7. The molecule has 0 spiro atoms. The van der Waals surface area contributed by atoms with Gasteiger partial charge in [-0.25, -0.2) is 4.79 Å². The third kappa shape index (κ3) is 10.9. The minimum atomic E-state index is -0.475. The molecule has 0 aromatic carbocycles. The van der Waals surface area contributed by atoms with Crippen molar-refractivity contribution in [3.05, 3.63) is 0 Å². The summed E-state index contributed by atoms with van der Waals surface area (Å²) in [5.41, 5.74) is -0.532. The van der Waals surface area contributed by atoms with Gasteiger partial charge in [-0.2, -0.15) is 0 Å². The maximum absolute atomic E-state index is 11.8. The second-order valence-electron chi connectivity index (χ2n) is 7.04. The summed E-state index contributed by atoms with van der Waals surface area (Å²) in [6, 6.07) is 0. The van der Waals surface area contributed by atoms with Gasteiger partial charge in [0, 0.05) is 25.7 Å². The van der Waals surface area contributed by atoms with Crippen molar-refractivity contribution in [3.63, 3.8) is 0 Å². The Labute approximate surface area is 129 Å². The second kappa shape index (κ2) is 8.10. The fraction of sp³-hybridized carbons (Fsp3) is 0.867. The standard InChI is InChI=1S/C15H32N4O2/c1-9-16-12(18-14(2,3)4)17-10-11-19(8)13(20)21-15(5,6)7/h9-11H2,1-8H3,(H2,16,17,18). The average Bonchev–Trinajstić information content (AvgIpc) is 2.24. The molecule has 0 aromatic heterocycles. The van der Waals surface area contributed by atoms with Gasteiger partial charge in [-0.15, -0.1) is 0 Å². The minimum absolute atomic E-state index is 0.0575. The van der Waals surface area contributed by atoms with Crippen LogP contribution in [0.3, 0.4) is 0 Å². The molecular formula is C15H32N4O2. The summed E-state index contributed by atoms with van der Waals surface area (Å²) in [6.07, 6.45) is -0.327. The summed E-state index contributed by atoms with van der Waals surface area (Å²) in [5.74, 6) is 0.752. The van der Waals surface area contributed by atoms with Crippen molar-refractivity contribution in [2.75, 3.05) is 26.7 Å². The Balaban J connectivity index is 4.40. The van der Waals surface area contributed by atoms with Crippen LogP contribution in [0, 0.1) is 0 Å². The van der Waals surface area contributed by atoms with E-state index < -0.39 is 5.60 Å². The zero-order valence-corrected chi connectivity index (χ0v) is 14.8. The van der Waals surface area contributed by atoms with Crippen molar-refractivity contribution < 1.29 is 9.53 Å². The largest absolute Gasteiger partial charge is 0.444 e. The predicted molar refractivity (Wildman–Crippen MR) is 87.7 cm³/mol. The number of carbonyl (C=O) groups is 1. The van der Waals surface area contributed by atoms with E-state index in [0.29, 0.717) is 13.1 Å². The number of ether oxygens (including phenoxy) is 1. The lowest BCUT2D eigenvalue weighted by Crippen LogP contribution is -2.47. The number of rotatable bonds is 4. The van der Waals surface area contributed by atoms with Gasteiger partial charge in [0.15, 0.2) is 5.96 Å². The summed E-state index contributed by atoms with van der Waals surface area (Å²) in [4.78, 5) is 17.8. The molecule has 0 saturated heterocycles. The third-order valence-corrected chi connectivity index (χ3v) is 2.25. The van der Waals surface area contributed by atoms with E-state index in [2.05, 4.69) is 36.4 Å². The lowest BCUT2D eigenvalue weighted by Gasteiger charge is -2.25. The van der Waals surface area contributed by atoms with Crippen LogP contribution in [-0.2, 0) is 4.74 Å². The number of aliphatic imine (C=N–C) groups is 1. The SMILES string of the molecule is CCNC(=NCCN(C)C(=O)OC(C)(C)C)NC(C)(C)C. The van der Waals surface area contributed by atoms with Crippen LogP contribution in [-0.4, -0.2) is 54.8 Å². The quantitative estimate of drug-likeness (QED) is 0.617. The van der Waals surface area contributed by atoms with Crippen LogP contribution >= 0.6 is 0 Å². The molecule has 0 unspecified atom stereocenters. The van der Waals surface area contributed by atoms with E-state index in [-0.39, 0.29) is 11.6 Å². The smallest absolute Gasteiger partial charge is 0.410 e. The zero-order valence-electron chi connectivity index (χ0n) is 14.8. The van der Waals surface area contributed by atoms with E-state index in [9.17, 15) is 4.79 Å². The second-order valence-corrected chi connectivity index (χ2v) is 7.04. The van der Waals surface area contributed by atoms with E-state index >= 15 is 0 Å². The number of guanidine groups is 1. The normalized spacial score (nSPS) is 12.9. The van der Waals surface area contributed by atoms with Gasteiger partial charge in [0.05, 0.1) is 6.54 Å². The summed E-state index contributed by atoms with van der Waals surface area (Å²) in [5, 5.41) is 6.49. The van der Waals surface area contributed by atoms with Crippen LogP contribution in [0.2, 0.25) is 0 Å². The molecule has 0 aliphatic rings. The molecule has 0 aliphatic heterocycles. The van der Waals surface area contributed by atoms with Crippen LogP contribution in [0.15, 0.2) is 4.99 Å². The molecule has 6 nitrogen and oxygen atoms in total. The molecule has 0 saturated carbocycles.